The molecule has 1 fully saturated rings. The van der Waals surface area contributed by atoms with Crippen molar-refractivity contribution in [3.05, 3.63) is 82.9 Å². The Morgan fingerprint density at radius 1 is 0.943 bits per heavy atom. The maximum absolute atomic E-state index is 10.7. The maximum atomic E-state index is 10.7. The van der Waals surface area contributed by atoms with Gasteiger partial charge in [0, 0.05) is 45.5 Å². The molecule has 5 nitrogen and oxygen atoms in total. The van der Waals surface area contributed by atoms with Crippen LogP contribution in [0.3, 0.4) is 0 Å². The fourth-order valence-electron chi connectivity index (χ4n) is 4.69. The zero-order valence-corrected chi connectivity index (χ0v) is 26.7. The number of carboxylic acids is 1. The fraction of sp³-hybridized carbons (Fsp3) is 0.308. The standard InChI is InChI=1S/2C9H7.C8H13N3O2.2ClH.In.Zr/c2*1-2-5-9-7-3-6-8(9)4-1;12-7(13)6-2-5-11-4-1-3-9-8(11)10-6;;;;/h2*1-7H;6H,1-5H2,(H,9,10)(H,12,13);2*1H;;. The molecule has 2 N–H and O–H groups in total. The van der Waals surface area contributed by atoms with Crippen LogP contribution in [0.2, 0.25) is 0 Å². The van der Waals surface area contributed by atoms with Gasteiger partial charge in [0.25, 0.3) is 0 Å². The molecule has 0 amide bonds. The predicted octanol–water partition coefficient (Wildman–Crippen LogP) is 4.56. The Hall–Kier alpha value is -1.01. The molecule has 2 aromatic rings. The maximum Gasteiger partial charge on any atom is 0.326 e. The van der Waals surface area contributed by atoms with E-state index < -0.39 is 35.2 Å². The smallest absolute Gasteiger partial charge is 0.326 e. The summed E-state index contributed by atoms with van der Waals surface area (Å²) in [4.78, 5) is 17.1. The summed E-state index contributed by atoms with van der Waals surface area (Å²) in [5.74, 6) is -0.0159. The van der Waals surface area contributed by atoms with Crippen LogP contribution in [-0.2, 0) is 28.0 Å². The molecule has 181 valence electrons. The number of fused-ring (bicyclic) bond motifs is 3. The number of aliphatic carboxylic acids is 1. The molecule has 2 aliphatic heterocycles. The second kappa shape index (κ2) is 14.1. The molecule has 3 atom stereocenters. The first-order valence-electron chi connectivity index (χ1n) is 11.3. The van der Waals surface area contributed by atoms with Gasteiger partial charge in [-0.15, -0.1) is 24.8 Å². The number of hydrogen-bond donors (Lipinski definition) is 2. The van der Waals surface area contributed by atoms with Gasteiger partial charge in [-0.3, -0.25) is 4.99 Å². The minimum absolute atomic E-state index is 0. The molecule has 9 heteroatoms. The quantitative estimate of drug-likeness (QED) is 0.496. The molecule has 35 heavy (non-hydrogen) atoms. The van der Waals surface area contributed by atoms with Gasteiger partial charge in [-0.05, 0) is 12.8 Å². The van der Waals surface area contributed by atoms with Gasteiger partial charge in [-0.25, -0.2) is 4.79 Å². The van der Waals surface area contributed by atoms with Crippen molar-refractivity contribution < 1.29 is 33.1 Å². The van der Waals surface area contributed by atoms with E-state index in [0.29, 0.717) is 6.42 Å². The van der Waals surface area contributed by atoms with Gasteiger partial charge < -0.3 is 15.3 Å². The summed E-state index contributed by atoms with van der Waals surface area (Å²) >= 11 is -0.542. The third-order valence-corrected chi connectivity index (χ3v) is 10.6. The molecule has 2 aliphatic carbocycles. The van der Waals surface area contributed by atoms with Crippen LogP contribution in [0.5, 0.6) is 0 Å². The molecule has 4 aliphatic rings. The summed E-state index contributed by atoms with van der Waals surface area (Å²) in [7, 11) is 0. The van der Waals surface area contributed by atoms with Crippen LogP contribution in [0.1, 0.15) is 42.3 Å². The van der Waals surface area contributed by atoms with E-state index in [2.05, 4.69) is 88.0 Å². The van der Waals surface area contributed by atoms with Crippen LogP contribution < -0.4 is 5.32 Å². The van der Waals surface area contributed by atoms with E-state index in [1.54, 1.807) is 11.1 Å². The van der Waals surface area contributed by atoms with Gasteiger partial charge in [-0.1, -0.05) is 0 Å². The zero-order chi connectivity index (χ0) is 21.9. The van der Waals surface area contributed by atoms with Crippen molar-refractivity contribution in [2.45, 2.75) is 26.1 Å². The van der Waals surface area contributed by atoms with Crippen LogP contribution >= 0.6 is 24.8 Å². The van der Waals surface area contributed by atoms with E-state index >= 15 is 0 Å². The summed E-state index contributed by atoms with van der Waals surface area (Å²) in [6.07, 6.45) is 11.2. The molecular weight excluding hydrogens is 663 g/mol. The zero-order valence-electron chi connectivity index (χ0n) is 19.3. The third kappa shape index (κ3) is 7.06. The molecule has 2 heterocycles. The number of hydrogen-bond acceptors (Lipinski definition) is 4. The second-order valence-electron chi connectivity index (χ2n) is 8.47. The fourth-order valence-corrected chi connectivity index (χ4v) is 8.83. The molecule has 1 saturated heterocycles. The minimum atomic E-state index is -0.784. The average Bonchev–Trinajstić information content (AvgIpc) is 3.44. The molecule has 3 radical (unpaired) electrons. The van der Waals surface area contributed by atoms with Gasteiger partial charge in [0.1, 0.15) is 6.04 Å². The first-order chi connectivity index (χ1) is 15.7. The first-order valence-corrected chi connectivity index (χ1v) is 14.1. The summed E-state index contributed by atoms with van der Waals surface area (Å²) in [5.41, 5.74) is 5.99. The molecule has 2 aromatic carbocycles. The summed E-state index contributed by atoms with van der Waals surface area (Å²) < 4.78 is 1.47. The number of nitrogens with zero attached hydrogens (tertiary/aromatic N) is 2. The normalized spacial score (nSPS) is 22.2. The van der Waals surface area contributed by atoms with E-state index in [9.17, 15) is 4.79 Å². The summed E-state index contributed by atoms with van der Waals surface area (Å²) in [6.45, 7) is 2.62. The number of carbonyl (C=O) groups is 1. The van der Waals surface area contributed by atoms with Crippen molar-refractivity contribution in [1.82, 2.24) is 10.2 Å². The monoisotopic (exact) mass is 690 g/mol. The van der Waals surface area contributed by atoms with Gasteiger partial charge in [0.05, 0.1) is 0 Å². The molecule has 0 spiro atoms. The number of carboxylic acid groups (broad SMARTS) is 1. The van der Waals surface area contributed by atoms with Gasteiger partial charge in [0.15, 0.2) is 5.96 Å². The van der Waals surface area contributed by atoms with Crippen molar-refractivity contribution in [2.24, 2.45) is 4.99 Å². The Morgan fingerprint density at radius 3 is 2.09 bits per heavy atom. The summed E-state index contributed by atoms with van der Waals surface area (Å²) in [5, 5.41) is 11.7. The first kappa shape index (κ1) is 30.2. The number of guanidine groups is 1. The SMILES string of the molecule is C1=C[CH]([Zr][CH]2C=Cc3ccccc32)c2ccccc21.Cl.Cl.O=C(O)C1CCN2CCCN=C2N1.[In]. The Balaban J connectivity index is 0.000000241. The molecule has 0 saturated carbocycles. The van der Waals surface area contributed by atoms with Crippen molar-refractivity contribution in [2.75, 3.05) is 19.6 Å². The van der Waals surface area contributed by atoms with E-state index in [1.165, 1.54) is 11.1 Å². The molecule has 3 unspecified atom stereocenters. The topological polar surface area (TPSA) is 64.9 Å². The van der Waals surface area contributed by atoms with Gasteiger partial charge in [-0.2, -0.15) is 0 Å². The Morgan fingerprint density at radius 2 is 1.51 bits per heavy atom. The van der Waals surface area contributed by atoms with Crippen LogP contribution in [-0.4, -0.2) is 73.5 Å². The minimum Gasteiger partial charge on any atom is -0.480 e. The van der Waals surface area contributed by atoms with Crippen LogP contribution in [0.4, 0.5) is 0 Å². The van der Waals surface area contributed by atoms with Crippen molar-refractivity contribution >= 4 is 74.7 Å². The van der Waals surface area contributed by atoms with Crippen LogP contribution in [0.25, 0.3) is 12.2 Å². The van der Waals surface area contributed by atoms with Gasteiger partial charge in [0.2, 0.25) is 0 Å². The number of aliphatic imine (C=N–C) groups is 1. The molecule has 0 aromatic heterocycles. The number of rotatable bonds is 3. The molecule has 6 rings (SSSR count). The second-order valence-corrected chi connectivity index (χ2v) is 12.3. The molecule has 0 bridgehead atoms. The Kier molecular flexibility index (Phi) is 12.1. The largest absolute Gasteiger partial charge is 0.480 e. The van der Waals surface area contributed by atoms with Crippen molar-refractivity contribution in [3.63, 3.8) is 0 Å². The molecular formula is C26H29Cl2InN3O2Zr. The van der Waals surface area contributed by atoms with Crippen LogP contribution in [0.15, 0.2) is 65.7 Å². The third-order valence-electron chi connectivity index (χ3n) is 6.39. The van der Waals surface area contributed by atoms with E-state index in [-0.39, 0.29) is 50.7 Å². The van der Waals surface area contributed by atoms with E-state index in [0.717, 1.165) is 39.3 Å². The Bertz CT molecular complexity index is 1050. The number of halogens is 2. The number of nitrogens with one attached hydrogen (secondary N) is 1. The van der Waals surface area contributed by atoms with E-state index in [1.807, 2.05) is 0 Å². The summed E-state index contributed by atoms with van der Waals surface area (Å²) in [6, 6.07) is 17.3. The van der Waals surface area contributed by atoms with Crippen molar-refractivity contribution in [3.8, 4) is 0 Å². The Labute approximate surface area is 249 Å². The average molecular weight is 692 g/mol. The predicted molar refractivity (Wildman–Crippen MR) is 144 cm³/mol. The number of benzene rings is 2. The van der Waals surface area contributed by atoms with Gasteiger partial charge >= 0.3 is 132 Å². The number of allylic oxidation sites excluding steroid dienone is 2. The van der Waals surface area contributed by atoms with E-state index in [4.69, 9.17) is 5.11 Å². The van der Waals surface area contributed by atoms with Crippen LogP contribution in [0, 0.1) is 0 Å². The van der Waals surface area contributed by atoms with Crippen molar-refractivity contribution in [1.29, 1.82) is 0 Å².